The van der Waals surface area contributed by atoms with E-state index in [4.69, 9.17) is 10.1 Å². The van der Waals surface area contributed by atoms with Gasteiger partial charge in [-0.1, -0.05) is 83.1 Å². The molecule has 0 radical (unpaired) electrons. The molecular formula is C27H56N4Si2. The molecule has 0 unspecified atom stereocenters. The average Bonchev–Trinajstić information content (AvgIpc) is 2.58. The molecule has 1 heterocycles. The number of aromatic nitrogens is 3. The van der Waals surface area contributed by atoms with Gasteiger partial charge in [0.15, 0.2) is 16.5 Å². The lowest BCUT2D eigenvalue weighted by Gasteiger charge is -2.56. The topological polar surface area (TPSA) is 41.9 Å². The molecule has 0 spiro atoms. The third-order valence-corrected chi connectivity index (χ3v) is 21.0. The van der Waals surface area contributed by atoms with E-state index in [0.29, 0.717) is 35.5 Å². The summed E-state index contributed by atoms with van der Waals surface area (Å²) in [5, 5.41) is 9.19. The molecule has 0 fully saturated rings. The van der Waals surface area contributed by atoms with Gasteiger partial charge in [-0.15, -0.1) is 5.10 Å². The zero-order valence-electron chi connectivity index (χ0n) is 24.2. The van der Waals surface area contributed by atoms with E-state index in [0.717, 1.165) is 5.95 Å². The minimum atomic E-state index is -1.96. The van der Waals surface area contributed by atoms with Gasteiger partial charge in [0.05, 0.1) is 12.4 Å². The summed E-state index contributed by atoms with van der Waals surface area (Å²) < 4.78 is 3.03. The lowest BCUT2D eigenvalue weighted by atomic mass is 10.2. The standard InChI is InChI=1S/C27H56N4Si2/c1-21(2)15-32(16-22(3)4,17-23(5)6)31(27-28-13-14-29-30-27)33(18-24(7)8,19-25(9)10)20-26(11)12/h13-14,21-26H,15-20H2,1-12H3. The highest BCUT2D eigenvalue weighted by Gasteiger charge is 2.53. The van der Waals surface area contributed by atoms with Gasteiger partial charge in [0.25, 0.3) is 0 Å². The van der Waals surface area contributed by atoms with E-state index < -0.39 is 16.5 Å². The van der Waals surface area contributed by atoms with Gasteiger partial charge in [0, 0.05) is 0 Å². The fourth-order valence-corrected chi connectivity index (χ4v) is 24.8. The number of rotatable bonds is 15. The summed E-state index contributed by atoms with van der Waals surface area (Å²) in [5.74, 6) is 5.03. The molecule has 0 bridgehead atoms. The largest absolute Gasteiger partial charge is 0.392 e. The molecule has 0 amide bonds. The van der Waals surface area contributed by atoms with Gasteiger partial charge >= 0.3 is 0 Å². The summed E-state index contributed by atoms with van der Waals surface area (Å²) in [5.41, 5.74) is 0. The maximum atomic E-state index is 4.98. The lowest BCUT2D eigenvalue weighted by molar-refractivity contribution is 0.620. The Hall–Kier alpha value is -0.756. The van der Waals surface area contributed by atoms with Gasteiger partial charge in [-0.2, -0.15) is 5.10 Å². The molecule has 0 aliphatic carbocycles. The van der Waals surface area contributed by atoms with Crippen LogP contribution in [0.2, 0.25) is 36.3 Å². The maximum Gasteiger partial charge on any atom is 0.229 e. The van der Waals surface area contributed by atoms with Crippen LogP contribution in [0.3, 0.4) is 0 Å². The molecule has 0 saturated carbocycles. The van der Waals surface area contributed by atoms with Crippen molar-refractivity contribution in [2.75, 3.05) is 4.23 Å². The molecule has 0 atom stereocenters. The van der Waals surface area contributed by atoms with E-state index in [-0.39, 0.29) is 0 Å². The highest BCUT2D eigenvalue weighted by molar-refractivity contribution is 7.02. The number of hydrogen-bond donors (Lipinski definition) is 0. The van der Waals surface area contributed by atoms with Crippen LogP contribution in [0.25, 0.3) is 0 Å². The Morgan fingerprint density at radius 3 is 1.06 bits per heavy atom. The fourth-order valence-electron chi connectivity index (χ4n) is 6.88. The Balaban J connectivity index is 4.04. The van der Waals surface area contributed by atoms with Gasteiger partial charge in [0.1, 0.15) is 0 Å². The first-order chi connectivity index (χ1) is 15.2. The quantitative estimate of drug-likeness (QED) is 0.230. The van der Waals surface area contributed by atoms with Crippen molar-refractivity contribution >= 4 is 22.4 Å². The summed E-state index contributed by atoms with van der Waals surface area (Å²) in [6.07, 6.45) is 3.63. The van der Waals surface area contributed by atoms with Crippen LogP contribution in [-0.4, -0.2) is 31.7 Å². The van der Waals surface area contributed by atoms with Crippen molar-refractivity contribution in [3.8, 4) is 0 Å². The molecule has 0 aliphatic heterocycles. The third kappa shape index (κ3) is 9.43. The van der Waals surface area contributed by atoms with Gasteiger partial charge in [-0.05, 0) is 71.8 Å². The molecule has 1 aromatic rings. The monoisotopic (exact) mass is 492 g/mol. The summed E-state index contributed by atoms with van der Waals surface area (Å²) in [7, 11) is -3.92. The first kappa shape index (κ1) is 30.3. The Bertz CT molecular complexity index is 568. The van der Waals surface area contributed by atoms with Crippen LogP contribution in [0, 0.1) is 35.5 Å². The third-order valence-electron chi connectivity index (χ3n) is 6.35. The fraction of sp³-hybridized carbons (Fsp3) is 0.889. The normalized spacial score (nSPS) is 13.4. The molecule has 192 valence electrons. The highest BCUT2D eigenvalue weighted by Crippen LogP contribution is 2.45. The number of nitrogens with zero attached hydrogens (tertiary/aromatic N) is 4. The molecule has 1 rings (SSSR count). The Morgan fingerprint density at radius 2 is 0.848 bits per heavy atom. The number of anilines is 1. The lowest BCUT2D eigenvalue weighted by Crippen LogP contribution is -2.70. The van der Waals surface area contributed by atoms with Crippen LogP contribution in [0.15, 0.2) is 12.4 Å². The van der Waals surface area contributed by atoms with Gasteiger partial charge < -0.3 is 4.23 Å². The Labute approximate surface area is 208 Å². The van der Waals surface area contributed by atoms with E-state index in [1.807, 2.05) is 6.20 Å². The molecule has 0 saturated heterocycles. The summed E-state index contributed by atoms with van der Waals surface area (Å²) in [6.45, 7) is 29.2. The van der Waals surface area contributed by atoms with E-state index >= 15 is 0 Å². The van der Waals surface area contributed by atoms with Gasteiger partial charge in [0.2, 0.25) is 5.95 Å². The van der Waals surface area contributed by atoms with Crippen LogP contribution in [0.1, 0.15) is 83.1 Å². The molecular weight excluding hydrogens is 436 g/mol. The van der Waals surface area contributed by atoms with E-state index in [2.05, 4.69) is 92.4 Å². The molecule has 6 heteroatoms. The first-order valence-corrected chi connectivity index (χ1v) is 18.8. The second-order valence-corrected chi connectivity index (χ2v) is 22.0. The average molecular weight is 493 g/mol. The zero-order chi connectivity index (χ0) is 25.4. The predicted molar refractivity (Wildman–Crippen MR) is 152 cm³/mol. The first-order valence-electron chi connectivity index (χ1n) is 13.7. The van der Waals surface area contributed by atoms with Crippen LogP contribution in [0.4, 0.5) is 5.95 Å². The van der Waals surface area contributed by atoms with Crippen molar-refractivity contribution in [2.45, 2.75) is 119 Å². The van der Waals surface area contributed by atoms with Crippen LogP contribution >= 0.6 is 0 Å². The summed E-state index contributed by atoms with van der Waals surface area (Å²) in [4.78, 5) is 4.98. The SMILES string of the molecule is CC(C)C[Si](CC(C)C)(CC(C)C)N(c1nccnn1)[Si](CC(C)C)(CC(C)C)CC(C)C. The van der Waals surface area contributed by atoms with Crippen molar-refractivity contribution in [1.29, 1.82) is 0 Å². The van der Waals surface area contributed by atoms with E-state index in [9.17, 15) is 0 Å². The molecule has 0 aromatic carbocycles. The molecule has 0 N–H and O–H groups in total. The number of hydrogen-bond acceptors (Lipinski definition) is 4. The van der Waals surface area contributed by atoms with Crippen molar-refractivity contribution < 1.29 is 0 Å². The zero-order valence-corrected chi connectivity index (χ0v) is 26.2. The second-order valence-electron chi connectivity index (χ2n) is 13.3. The molecule has 1 aromatic heterocycles. The molecule has 0 aliphatic rings. The van der Waals surface area contributed by atoms with Crippen LogP contribution in [-0.2, 0) is 0 Å². The molecule has 4 nitrogen and oxygen atoms in total. The Kier molecular flexibility index (Phi) is 12.3. The van der Waals surface area contributed by atoms with E-state index in [1.165, 1.54) is 36.3 Å². The highest BCUT2D eigenvalue weighted by atomic mass is 28.4. The van der Waals surface area contributed by atoms with Gasteiger partial charge in [-0.3, -0.25) is 0 Å². The minimum Gasteiger partial charge on any atom is -0.392 e. The van der Waals surface area contributed by atoms with Crippen LogP contribution in [0.5, 0.6) is 0 Å². The summed E-state index contributed by atoms with van der Waals surface area (Å²) >= 11 is 0. The maximum absolute atomic E-state index is 4.98. The van der Waals surface area contributed by atoms with Crippen molar-refractivity contribution in [2.24, 2.45) is 35.5 Å². The van der Waals surface area contributed by atoms with E-state index in [1.54, 1.807) is 6.20 Å². The predicted octanol–water partition coefficient (Wildman–Crippen LogP) is 8.51. The van der Waals surface area contributed by atoms with Crippen LogP contribution < -0.4 is 4.23 Å². The second kappa shape index (κ2) is 13.4. The van der Waals surface area contributed by atoms with Crippen molar-refractivity contribution in [3.63, 3.8) is 0 Å². The summed E-state index contributed by atoms with van der Waals surface area (Å²) in [6, 6.07) is 7.94. The smallest absolute Gasteiger partial charge is 0.229 e. The van der Waals surface area contributed by atoms with Crippen molar-refractivity contribution in [1.82, 2.24) is 15.2 Å². The van der Waals surface area contributed by atoms with Gasteiger partial charge in [-0.25, -0.2) is 4.98 Å². The minimum absolute atomic E-state index is 0.678. The Morgan fingerprint density at radius 1 is 0.545 bits per heavy atom. The molecule has 33 heavy (non-hydrogen) atoms. The van der Waals surface area contributed by atoms with Crippen molar-refractivity contribution in [3.05, 3.63) is 12.4 Å².